The number of aromatic nitrogens is 1. The zero-order valence-corrected chi connectivity index (χ0v) is 13.1. The van der Waals surface area contributed by atoms with Gasteiger partial charge < -0.3 is 4.52 Å². The quantitative estimate of drug-likeness (QED) is 0.785. The van der Waals surface area contributed by atoms with E-state index in [1.165, 1.54) is 0 Å². The second kappa shape index (κ2) is 6.87. The average molecular weight is 308 g/mol. The molecule has 0 radical (unpaired) electrons. The van der Waals surface area contributed by atoms with Crippen LogP contribution in [-0.4, -0.2) is 37.8 Å². The Bertz CT molecular complexity index is 649. The maximum absolute atomic E-state index is 12.2. The molecule has 0 saturated heterocycles. The van der Waals surface area contributed by atoms with Crippen molar-refractivity contribution in [1.29, 1.82) is 0 Å². The lowest BCUT2D eigenvalue weighted by molar-refractivity contribution is 0.273. The second-order valence-corrected chi connectivity index (χ2v) is 7.31. The Hall–Kier alpha value is -1.66. The molecule has 6 heteroatoms. The molecule has 0 aliphatic heterocycles. The first kappa shape index (κ1) is 15.7. The summed E-state index contributed by atoms with van der Waals surface area (Å²) in [6, 6.07) is 8.79. The van der Waals surface area contributed by atoms with Gasteiger partial charge in [0, 0.05) is 6.07 Å². The number of hydrogen-bond donors (Lipinski definition) is 0. The predicted molar refractivity (Wildman–Crippen MR) is 80.7 cm³/mol. The highest BCUT2D eigenvalue weighted by Crippen LogP contribution is 2.13. The van der Waals surface area contributed by atoms with Gasteiger partial charge in [0.15, 0.2) is 15.6 Å². The highest BCUT2D eigenvalue weighted by molar-refractivity contribution is 7.91. The lowest BCUT2D eigenvalue weighted by Gasteiger charge is -2.14. The molecule has 0 bridgehead atoms. The van der Waals surface area contributed by atoms with Crippen LogP contribution < -0.4 is 0 Å². The summed E-state index contributed by atoms with van der Waals surface area (Å²) in [5.74, 6) is 0.926. The highest BCUT2D eigenvalue weighted by atomic mass is 32.2. The number of rotatable bonds is 7. The molecular weight excluding hydrogens is 288 g/mol. The molecule has 2 rings (SSSR count). The van der Waals surface area contributed by atoms with Crippen molar-refractivity contribution >= 4 is 9.84 Å². The Labute approximate surface area is 125 Å². The molecule has 0 unspecified atom stereocenters. The molecule has 0 atom stereocenters. The van der Waals surface area contributed by atoms with E-state index in [9.17, 15) is 8.42 Å². The molecular formula is C15H20N2O3S. The van der Waals surface area contributed by atoms with Gasteiger partial charge in [-0.15, -0.1) is 0 Å². The fourth-order valence-electron chi connectivity index (χ4n) is 2.06. The van der Waals surface area contributed by atoms with Crippen LogP contribution in [0, 0.1) is 6.92 Å². The average Bonchev–Trinajstić information content (AvgIpc) is 2.91. The molecule has 0 fully saturated rings. The van der Waals surface area contributed by atoms with E-state index in [2.05, 4.69) is 5.16 Å². The van der Waals surface area contributed by atoms with Crippen molar-refractivity contribution < 1.29 is 12.9 Å². The monoisotopic (exact) mass is 308 g/mol. The molecule has 1 aromatic carbocycles. The number of nitrogens with zero attached hydrogens (tertiary/aromatic N) is 2. The van der Waals surface area contributed by atoms with Crippen LogP contribution in [0.5, 0.6) is 0 Å². The first-order chi connectivity index (χ1) is 9.97. The summed E-state index contributed by atoms with van der Waals surface area (Å²) in [4.78, 5) is 2.41. The van der Waals surface area contributed by atoms with Crippen LogP contribution >= 0.6 is 0 Å². The van der Waals surface area contributed by atoms with Crippen LogP contribution in [0.1, 0.15) is 17.7 Å². The van der Waals surface area contributed by atoms with E-state index >= 15 is 0 Å². The summed E-state index contributed by atoms with van der Waals surface area (Å²) in [6.45, 7) is 3.26. The van der Waals surface area contributed by atoms with Gasteiger partial charge in [-0.1, -0.05) is 22.9 Å². The highest BCUT2D eigenvalue weighted by Gasteiger charge is 2.14. The van der Waals surface area contributed by atoms with Gasteiger partial charge in [0.25, 0.3) is 0 Å². The molecule has 0 spiro atoms. The van der Waals surface area contributed by atoms with Crippen LogP contribution in [0.4, 0.5) is 0 Å². The molecule has 0 saturated carbocycles. The SMILES string of the molecule is Cc1ccc(S(=O)(=O)CCCN(C)Cc2ccno2)cc1. The molecule has 0 amide bonds. The normalized spacial score (nSPS) is 12.0. The molecule has 0 aliphatic carbocycles. The molecule has 0 aliphatic rings. The number of hydrogen-bond acceptors (Lipinski definition) is 5. The summed E-state index contributed by atoms with van der Waals surface area (Å²) in [7, 11) is -1.27. The van der Waals surface area contributed by atoms with Crippen molar-refractivity contribution in [3.05, 3.63) is 47.9 Å². The van der Waals surface area contributed by atoms with Crippen molar-refractivity contribution in [2.24, 2.45) is 0 Å². The minimum atomic E-state index is -3.20. The lowest BCUT2D eigenvalue weighted by atomic mass is 10.2. The minimum absolute atomic E-state index is 0.150. The van der Waals surface area contributed by atoms with Crippen molar-refractivity contribution in [2.45, 2.75) is 24.8 Å². The van der Waals surface area contributed by atoms with Gasteiger partial charge >= 0.3 is 0 Å². The fraction of sp³-hybridized carbons (Fsp3) is 0.400. The topological polar surface area (TPSA) is 63.4 Å². The summed E-state index contributed by atoms with van der Waals surface area (Å²) in [5, 5.41) is 3.64. The van der Waals surface area contributed by atoms with E-state index in [1.54, 1.807) is 24.4 Å². The Kier molecular flexibility index (Phi) is 5.14. The zero-order valence-electron chi connectivity index (χ0n) is 12.3. The maximum atomic E-state index is 12.2. The number of benzene rings is 1. The first-order valence-corrected chi connectivity index (χ1v) is 8.50. The Morgan fingerprint density at radius 2 is 1.90 bits per heavy atom. The first-order valence-electron chi connectivity index (χ1n) is 6.85. The third-order valence-electron chi connectivity index (χ3n) is 3.25. The van der Waals surface area contributed by atoms with E-state index in [4.69, 9.17) is 4.52 Å². The van der Waals surface area contributed by atoms with E-state index in [1.807, 2.05) is 31.0 Å². The Morgan fingerprint density at radius 1 is 1.19 bits per heavy atom. The second-order valence-electron chi connectivity index (χ2n) is 5.20. The van der Waals surface area contributed by atoms with Gasteiger partial charge in [-0.2, -0.15) is 0 Å². The van der Waals surface area contributed by atoms with Crippen LogP contribution in [-0.2, 0) is 16.4 Å². The van der Waals surface area contributed by atoms with Crippen molar-refractivity contribution in [2.75, 3.05) is 19.3 Å². The van der Waals surface area contributed by atoms with E-state index in [-0.39, 0.29) is 5.75 Å². The molecule has 5 nitrogen and oxygen atoms in total. The van der Waals surface area contributed by atoms with E-state index in [0.29, 0.717) is 24.4 Å². The van der Waals surface area contributed by atoms with Gasteiger partial charge in [-0.3, -0.25) is 4.90 Å². The summed E-state index contributed by atoms with van der Waals surface area (Å²) in [5.41, 5.74) is 1.06. The van der Waals surface area contributed by atoms with Crippen LogP contribution in [0.25, 0.3) is 0 Å². The number of sulfone groups is 1. The molecule has 114 valence electrons. The Morgan fingerprint density at radius 3 is 2.52 bits per heavy atom. The van der Waals surface area contributed by atoms with Gasteiger partial charge in [-0.25, -0.2) is 8.42 Å². The fourth-order valence-corrected chi connectivity index (χ4v) is 3.35. The van der Waals surface area contributed by atoms with Crippen LogP contribution in [0.2, 0.25) is 0 Å². The van der Waals surface area contributed by atoms with Crippen molar-refractivity contribution in [3.8, 4) is 0 Å². The lowest BCUT2D eigenvalue weighted by Crippen LogP contribution is -2.21. The zero-order chi connectivity index (χ0) is 15.3. The van der Waals surface area contributed by atoms with Crippen molar-refractivity contribution in [3.63, 3.8) is 0 Å². The largest absolute Gasteiger partial charge is 0.360 e. The van der Waals surface area contributed by atoms with E-state index in [0.717, 1.165) is 11.3 Å². The van der Waals surface area contributed by atoms with Gasteiger partial charge in [-0.05, 0) is 39.1 Å². The third-order valence-corrected chi connectivity index (χ3v) is 5.07. The summed E-state index contributed by atoms with van der Waals surface area (Å²) >= 11 is 0. The van der Waals surface area contributed by atoms with E-state index < -0.39 is 9.84 Å². The smallest absolute Gasteiger partial charge is 0.178 e. The molecule has 1 aromatic heterocycles. The molecule has 1 heterocycles. The predicted octanol–water partition coefficient (Wildman–Crippen LogP) is 2.28. The number of aryl methyl sites for hydroxylation is 1. The molecule has 0 N–H and O–H groups in total. The summed E-state index contributed by atoms with van der Waals surface area (Å²) in [6.07, 6.45) is 2.19. The van der Waals surface area contributed by atoms with Gasteiger partial charge in [0.05, 0.1) is 23.4 Å². The van der Waals surface area contributed by atoms with Crippen molar-refractivity contribution in [1.82, 2.24) is 10.1 Å². The van der Waals surface area contributed by atoms with Gasteiger partial charge in [0.1, 0.15) is 0 Å². The maximum Gasteiger partial charge on any atom is 0.178 e. The van der Waals surface area contributed by atoms with Crippen LogP contribution in [0.15, 0.2) is 45.9 Å². The third kappa shape index (κ3) is 4.68. The Balaban J connectivity index is 1.83. The molecule has 21 heavy (non-hydrogen) atoms. The molecule has 2 aromatic rings. The minimum Gasteiger partial charge on any atom is -0.360 e. The van der Waals surface area contributed by atoms with Crippen LogP contribution in [0.3, 0.4) is 0 Å². The standard InChI is InChI=1S/C15H20N2O3S/c1-13-4-6-15(7-5-13)21(18,19)11-3-10-17(2)12-14-8-9-16-20-14/h4-9H,3,10-12H2,1-2H3. The van der Waals surface area contributed by atoms with Gasteiger partial charge in [0.2, 0.25) is 0 Å². The summed E-state index contributed by atoms with van der Waals surface area (Å²) < 4.78 is 29.4.